The Kier molecular flexibility index (Phi) is 7.65. The van der Waals surface area contributed by atoms with Crippen molar-refractivity contribution in [3.8, 4) is 0 Å². The molecule has 0 bridgehead atoms. The summed E-state index contributed by atoms with van der Waals surface area (Å²) in [4.78, 5) is 34.5. The Morgan fingerprint density at radius 2 is 1.87 bits per heavy atom. The molecule has 0 unspecified atom stereocenters. The van der Waals surface area contributed by atoms with Crippen LogP contribution in [0.2, 0.25) is 0 Å². The summed E-state index contributed by atoms with van der Waals surface area (Å²) in [6, 6.07) is 4.40. The predicted molar refractivity (Wildman–Crippen MR) is 137 cm³/mol. The number of carbonyl (C=O) groups excluding carboxylic acids is 2. The first-order chi connectivity index (χ1) is 18.1. The third-order valence-corrected chi connectivity index (χ3v) is 9.02. The lowest BCUT2D eigenvalue weighted by Gasteiger charge is -2.48. The van der Waals surface area contributed by atoms with Crippen LogP contribution in [0.25, 0.3) is 0 Å². The van der Waals surface area contributed by atoms with Crippen molar-refractivity contribution in [2.75, 3.05) is 37.6 Å². The summed E-state index contributed by atoms with van der Waals surface area (Å²) in [5.41, 5.74) is -1.89. The van der Waals surface area contributed by atoms with Gasteiger partial charge in [0, 0.05) is 44.0 Å². The van der Waals surface area contributed by atoms with Gasteiger partial charge in [-0.25, -0.2) is 4.98 Å². The molecule has 1 aliphatic carbocycles. The molecule has 2 amide bonds. The van der Waals surface area contributed by atoms with Gasteiger partial charge in [0.25, 0.3) is 5.91 Å². The summed E-state index contributed by atoms with van der Waals surface area (Å²) < 4.78 is 38.6. The maximum Gasteiger partial charge on any atom is 0.416 e. The van der Waals surface area contributed by atoms with Crippen molar-refractivity contribution < 1.29 is 27.9 Å². The summed E-state index contributed by atoms with van der Waals surface area (Å²) in [6.45, 7) is 3.13. The minimum absolute atomic E-state index is 0.0433. The summed E-state index contributed by atoms with van der Waals surface area (Å²) in [6.07, 6.45) is 2.74. The standard InChI is InChI=1S/C26H32F3N5O3S/c27-26(28,29)18-5-3-4-17(12-18)23(36)30-14-22(35)32-19-15-34(16-19)20-6-8-25(37,9-7-20)21-13-31-24(38-21)33-10-1-2-11-33/h3-5,12-13,19-20,37H,1-2,6-11,14-16H2,(H,30,36)(H,32,35)/t20-,25-. The van der Waals surface area contributed by atoms with Crippen LogP contribution in [0.5, 0.6) is 0 Å². The number of thiazole rings is 1. The SMILES string of the molecule is O=C(CNC(=O)c1cccc(C(F)(F)F)c1)NC1CN([C@H]2CC[C@@](O)(c3cnc(N4CCCC4)s3)CC2)C1. The smallest absolute Gasteiger partial charge is 0.384 e. The molecule has 2 aromatic rings. The van der Waals surface area contributed by atoms with E-state index in [4.69, 9.17) is 0 Å². The van der Waals surface area contributed by atoms with Gasteiger partial charge in [0.05, 0.1) is 23.0 Å². The molecule has 3 aliphatic rings. The normalized spacial score (nSPS) is 24.7. The van der Waals surface area contributed by atoms with E-state index in [1.54, 1.807) is 11.3 Å². The number of nitrogens with zero attached hydrogens (tertiary/aromatic N) is 3. The van der Waals surface area contributed by atoms with Gasteiger partial charge in [0.2, 0.25) is 5.91 Å². The second-order valence-corrected chi connectivity index (χ2v) is 11.5. The fourth-order valence-electron chi connectivity index (χ4n) is 5.51. The highest BCUT2D eigenvalue weighted by molar-refractivity contribution is 7.15. The molecule has 0 spiro atoms. The molecule has 3 fully saturated rings. The summed E-state index contributed by atoms with van der Waals surface area (Å²) in [5, 5.41) is 17.5. The number of halogens is 3. The number of anilines is 1. The van der Waals surface area contributed by atoms with Crippen molar-refractivity contribution in [1.29, 1.82) is 0 Å². The third-order valence-electron chi connectivity index (χ3n) is 7.76. The number of amides is 2. The monoisotopic (exact) mass is 551 g/mol. The van der Waals surface area contributed by atoms with Gasteiger partial charge in [-0.2, -0.15) is 13.2 Å². The van der Waals surface area contributed by atoms with Crippen LogP contribution >= 0.6 is 11.3 Å². The molecular weight excluding hydrogens is 519 g/mol. The van der Waals surface area contributed by atoms with Gasteiger partial charge in [-0.15, -0.1) is 0 Å². The Morgan fingerprint density at radius 3 is 2.55 bits per heavy atom. The minimum atomic E-state index is -4.54. The van der Waals surface area contributed by atoms with E-state index in [2.05, 4.69) is 25.4 Å². The van der Waals surface area contributed by atoms with E-state index < -0.39 is 23.2 Å². The van der Waals surface area contributed by atoms with Crippen molar-refractivity contribution in [3.63, 3.8) is 0 Å². The van der Waals surface area contributed by atoms with Gasteiger partial charge in [-0.05, 0) is 56.7 Å². The average Bonchev–Trinajstić information content (AvgIpc) is 3.58. The zero-order valence-electron chi connectivity index (χ0n) is 21.0. The van der Waals surface area contributed by atoms with Crippen molar-refractivity contribution in [2.45, 2.75) is 62.4 Å². The zero-order valence-corrected chi connectivity index (χ0v) is 21.8. The second-order valence-electron chi connectivity index (χ2n) is 10.4. The van der Waals surface area contributed by atoms with Gasteiger partial charge in [-0.1, -0.05) is 17.4 Å². The highest BCUT2D eigenvalue weighted by Gasteiger charge is 2.41. The highest BCUT2D eigenvalue weighted by atomic mass is 32.1. The van der Waals surface area contributed by atoms with Crippen LogP contribution in [0.3, 0.4) is 0 Å². The number of benzene rings is 1. The zero-order chi connectivity index (χ0) is 26.9. The Bertz CT molecular complexity index is 1150. The number of likely N-dealkylation sites (tertiary alicyclic amines) is 1. The van der Waals surface area contributed by atoms with E-state index in [-0.39, 0.29) is 24.1 Å². The molecule has 3 heterocycles. The molecule has 2 saturated heterocycles. The van der Waals surface area contributed by atoms with E-state index in [0.29, 0.717) is 32.0 Å². The Labute approximate surface area is 223 Å². The maximum atomic E-state index is 12.9. The van der Waals surface area contributed by atoms with Crippen LogP contribution in [-0.2, 0) is 16.6 Å². The number of aliphatic hydroxyl groups is 1. The van der Waals surface area contributed by atoms with Gasteiger partial charge in [-0.3, -0.25) is 14.5 Å². The minimum Gasteiger partial charge on any atom is -0.384 e. The lowest BCUT2D eigenvalue weighted by Crippen LogP contribution is -2.63. The van der Waals surface area contributed by atoms with Crippen LogP contribution < -0.4 is 15.5 Å². The van der Waals surface area contributed by atoms with Crippen molar-refractivity contribution in [3.05, 3.63) is 46.5 Å². The van der Waals surface area contributed by atoms with E-state index in [1.165, 1.54) is 18.9 Å². The predicted octanol–water partition coefficient (Wildman–Crippen LogP) is 3.12. The summed E-state index contributed by atoms with van der Waals surface area (Å²) in [7, 11) is 0. The number of carbonyl (C=O) groups is 2. The molecule has 2 aliphatic heterocycles. The first-order valence-electron chi connectivity index (χ1n) is 13.0. The second kappa shape index (κ2) is 10.8. The molecule has 206 valence electrons. The van der Waals surface area contributed by atoms with Gasteiger partial charge >= 0.3 is 6.18 Å². The third kappa shape index (κ3) is 5.97. The molecule has 3 N–H and O–H groups in total. The topological polar surface area (TPSA) is 97.8 Å². The van der Waals surface area contributed by atoms with Crippen LogP contribution in [0.15, 0.2) is 30.5 Å². The lowest BCUT2D eigenvalue weighted by atomic mass is 9.80. The van der Waals surface area contributed by atoms with E-state index in [1.807, 2.05) is 6.20 Å². The molecule has 8 nitrogen and oxygen atoms in total. The van der Waals surface area contributed by atoms with Crippen LogP contribution in [0.4, 0.5) is 18.3 Å². The Balaban J connectivity index is 1.02. The first-order valence-corrected chi connectivity index (χ1v) is 13.8. The summed E-state index contributed by atoms with van der Waals surface area (Å²) >= 11 is 1.60. The van der Waals surface area contributed by atoms with E-state index in [9.17, 15) is 27.9 Å². The van der Waals surface area contributed by atoms with Gasteiger partial charge in [0.1, 0.15) is 5.60 Å². The molecule has 0 atom stereocenters. The fourth-order valence-corrected chi connectivity index (χ4v) is 6.62. The largest absolute Gasteiger partial charge is 0.416 e. The first kappa shape index (κ1) is 26.9. The van der Waals surface area contributed by atoms with Gasteiger partial charge < -0.3 is 20.6 Å². The molecule has 1 aromatic carbocycles. The lowest BCUT2D eigenvalue weighted by molar-refractivity contribution is -0.137. The number of nitrogens with one attached hydrogen (secondary N) is 2. The fraction of sp³-hybridized carbons (Fsp3) is 0.577. The molecule has 1 saturated carbocycles. The highest BCUT2D eigenvalue weighted by Crippen LogP contribution is 2.43. The Hall–Kier alpha value is -2.70. The molecule has 12 heteroatoms. The van der Waals surface area contributed by atoms with E-state index in [0.717, 1.165) is 54.1 Å². The number of hydrogen-bond donors (Lipinski definition) is 3. The number of aromatic nitrogens is 1. The van der Waals surface area contributed by atoms with Crippen LogP contribution in [0.1, 0.15) is 59.3 Å². The Morgan fingerprint density at radius 1 is 1.16 bits per heavy atom. The average molecular weight is 552 g/mol. The van der Waals surface area contributed by atoms with Crippen LogP contribution in [0, 0.1) is 0 Å². The van der Waals surface area contributed by atoms with E-state index >= 15 is 0 Å². The van der Waals surface area contributed by atoms with Crippen LogP contribution in [-0.4, -0.2) is 71.6 Å². The van der Waals surface area contributed by atoms with Crippen molar-refractivity contribution >= 4 is 28.3 Å². The van der Waals surface area contributed by atoms with Crippen molar-refractivity contribution in [2.24, 2.45) is 0 Å². The van der Waals surface area contributed by atoms with Crippen molar-refractivity contribution in [1.82, 2.24) is 20.5 Å². The molecule has 5 rings (SSSR count). The molecular formula is C26H32F3N5O3S. The van der Waals surface area contributed by atoms with Gasteiger partial charge in [0.15, 0.2) is 5.13 Å². The number of alkyl halides is 3. The summed E-state index contributed by atoms with van der Waals surface area (Å²) in [5.74, 6) is -1.11. The quantitative estimate of drug-likeness (QED) is 0.489. The maximum absolute atomic E-state index is 12.9. The molecule has 0 radical (unpaired) electrons. The number of rotatable bonds is 7. The molecule has 38 heavy (non-hydrogen) atoms. The molecule has 1 aromatic heterocycles. The number of hydrogen-bond acceptors (Lipinski definition) is 7.